The number of amides is 1. The number of rotatable bonds is 3. The summed E-state index contributed by atoms with van der Waals surface area (Å²) >= 11 is 1.57. The highest BCUT2D eigenvalue weighted by Gasteiger charge is 2.21. The van der Waals surface area contributed by atoms with Crippen molar-refractivity contribution in [3.63, 3.8) is 0 Å². The van der Waals surface area contributed by atoms with Crippen molar-refractivity contribution in [2.75, 3.05) is 33.2 Å². The molecule has 1 fully saturated rings. The molecule has 30 heavy (non-hydrogen) atoms. The van der Waals surface area contributed by atoms with Crippen LogP contribution in [0.1, 0.15) is 16.8 Å². The summed E-state index contributed by atoms with van der Waals surface area (Å²) in [5, 5.41) is 7.98. The van der Waals surface area contributed by atoms with E-state index >= 15 is 0 Å². The normalized spacial score (nSPS) is 15.4. The van der Waals surface area contributed by atoms with Gasteiger partial charge in [-0.25, -0.2) is 4.98 Å². The van der Waals surface area contributed by atoms with Gasteiger partial charge in [0.15, 0.2) is 5.58 Å². The van der Waals surface area contributed by atoms with Gasteiger partial charge in [0.25, 0.3) is 5.91 Å². The van der Waals surface area contributed by atoms with Gasteiger partial charge in [-0.15, -0.1) is 11.3 Å². The van der Waals surface area contributed by atoms with Crippen LogP contribution in [-0.4, -0.2) is 59.1 Å². The molecule has 0 unspecified atom stereocenters. The summed E-state index contributed by atoms with van der Waals surface area (Å²) in [5.74, 6) is 0.0580. The highest BCUT2D eigenvalue weighted by atomic mass is 32.1. The van der Waals surface area contributed by atoms with Crippen LogP contribution < -0.4 is 0 Å². The van der Waals surface area contributed by atoms with Crippen LogP contribution >= 0.6 is 11.3 Å². The van der Waals surface area contributed by atoms with Gasteiger partial charge in [-0.2, -0.15) is 0 Å². The van der Waals surface area contributed by atoms with Crippen molar-refractivity contribution in [3.05, 3.63) is 59.5 Å². The summed E-state index contributed by atoms with van der Waals surface area (Å²) in [5.41, 5.74) is 3.83. The van der Waals surface area contributed by atoms with Crippen LogP contribution in [0.5, 0.6) is 0 Å². The van der Waals surface area contributed by atoms with E-state index in [1.165, 1.54) is 0 Å². The molecular weight excluding hydrogens is 396 g/mol. The van der Waals surface area contributed by atoms with E-state index in [1.807, 2.05) is 58.8 Å². The Balaban J connectivity index is 1.47. The Labute approximate surface area is 178 Å². The highest BCUT2D eigenvalue weighted by molar-refractivity contribution is 7.13. The summed E-state index contributed by atoms with van der Waals surface area (Å²) in [6.07, 6.45) is 0.990. The molecule has 0 N–H and O–H groups in total. The fourth-order valence-corrected chi connectivity index (χ4v) is 4.60. The summed E-state index contributed by atoms with van der Waals surface area (Å²) in [6, 6.07) is 15.6. The van der Waals surface area contributed by atoms with Crippen molar-refractivity contribution in [1.82, 2.24) is 19.9 Å². The summed E-state index contributed by atoms with van der Waals surface area (Å²) < 4.78 is 5.52. The number of hydrogen-bond acceptors (Lipinski definition) is 6. The number of benzene rings is 2. The fourth-order valence-electron chi connectivity index (χ4n) is 3.78. The minimum atomic E-state index is 0.0580. The SMILES string of the molecule is CN1CCCN(C(=O)c2ccc3onc(-c4csc(-c5ccccc5)n4)c3c2)CC1. The third-order valence-corrected chi connectivity index (χ3v) is 6.38. The van der Waals surface area contributed by atoms with Crippen LogP contribution in [0.3, 0.4) is 0 Å². The van der Waals surface area contributed by atoms with E-state index in [4.69, 9.17) is 9.51 Å². The van der Waals surface area contributed by atoms with E-state index in [0.717, 1.165) is 54.3 Å². The molecule has 1 aliphatic heterocycles. The third-order valence-electron chi connectivity index (χ3n) is 5.49. The van der Waals surface area contributed by atoms with Gasteiger partial charge in [0.2, 0.25) is 0 Å². The summed E-state index contributed by atoms with van der Waals surface area (Å²) in [6.45, 7) is 3.44. The zero-order chi connectivity index (χ0) is 20.5. The van der Waals surface area contributed by atoms with Gasteiger partial charge in [0.1, 0.15) is 16.4 Å². The molecule has 0 bridgehead atoms. The van der Waals surface area contributed by atoms with E-state index in [-0.39, 0.29) is 5.91 Å². The third kappa shape index (κ3) is 3.62. The van der Waals surface area contributed by atoms with Crippen molar-refractivity contribution in [2.24, 2.45) is 0 Å². The molecule has 2 aromatic heterocycles. The summed E-state index contributed by atoms with van der Waals surface area (Å²) in [7, 11) is 2.10. The van der Waals surface area contributed by atoms with Gasteiger partial charge in [-0.05, 0) is 38.2 Å². The Kier molecular flexibility index (Phi) is 5.06. The van der Waals surface area contributed by atoms with Crippen molar-refractivity contribution >= 4 is 28.2 Å². The molecule has 0 spiro atoms. The standard InChI is InChI=1S/C23H22N4O2S/c1-26-10-5-11-27(13-12-26)23(28)17-8-9-20-18(14-17)21(25-29-20)19-15-30-22(24-19)16-6-3-2-4-7-16/h2-4,6-9,14-15H,5,10-13H2,1H3. The fraction of sp³-hybridized carbons (Fsp3) is 0.261. The van der Waals surface area contributed by atoms with Gasteiger partial charge in [0, 0.05) is 36.1 Å². The van der Waals surface area contributed by atoms with Gasteiger partial charge in [-0.3, -0.25) is 4.79 Å². The minimum absolute atomic E-state index is 0.0580. The average Bonchev–Trinajstić information content (AvgIpc) is 3.37. The number of aromatic nitrogens is 2. The lowest BCUT2D eigenvalue weighted by molar-refractivity contribution is 0.0763. The molecule has 7 heteroatoms. The van der Waals surface area contributed by atoms with Gasteiger partial charge in [-0.1, -0.05) is 35.5 Å². The predicted octanol–water partition coefficient (Wildman–Crippen LogP) is 4.40. The molecule has 0 atom stereocenters. The molecule has 0 radical (unpaired) electrons. The van der Waals surface area contributed by atoms with Crippen molar-refractivity contribution < 1.29 is 9.32 Å². The zero-order valence-corrected chi connectivity index (χ0v) is 17.6. The topological polar surface area (TPSA) is 62.5 Å². The number of fused-ring (bicyclic) bond motifs is 1. The molecule has 0 aliphatic carbocycles. The number of carbonyl (C=O) groups excluding carboxylic acids is 1. The largest absolute Gasteiger partial charge is 0.356 e. The smallest absolute Gasteiger partial charge is 0.253 e. The molecule has 0 saturated carbocycles. The molecule has 1 aliphatic rings. The van der Waals surface area contributed by atoms with Crippen LogP contribution in [0, 0.1) is 0 Å². The molecule has 5 rings (SSSR count). The lowest BCUT2D eigenvalue weighted by Gasteiger charge is -2.20. The number of carbonyl (C=O) groups is 1. The van der Waals surface area contributed by atoms with E-state index in [0.29, 0.717) is 16.8 Å². The van der Waals surface area contributed by atoms with Crippen LogP contribution in [0.15, 0.2) is 58.4 Å². The lowest BCUT2D eigenvalue weighted by Crippen LogP contribution is -2.34. The van der Waals surface area contributed by atoms with Crippen molar-refractivity contribution in [1.29, 1.82) is 0 Å². The Morgan fingerprint density at radius 3 is 2.80 bits per heavy atom. The molecule has 1 saturated heterocycles. The Morgan fingerprint density at radius 1 is 1.07 bits per heavy atom. The van der Waals surface area contributed by atoms with E-state index < -0.39 is 0 Å². The van der Waals surface area contributed by atoms with E-state index in [2.05, 4.69) is 17.1 Å². The quantitative estimate of drug-likeness (QED) is 0.494. The predicted molar refractivity (Wildman–Crippen MR) is 119 cm³/mol. The van der Waals surface area contributed by atoms with Gasteiger partial charge < -0.3 is 14.3 Å². The van der Waals surface area contributed by atoms with E-state index in [9.17, 15) is 4.79 Å². The zero-order valence-electron chi connectivity index (χ0n) is 16.7. The minimum Gasteiger partial charge on any atom is -0.356 e. The van der Waals surface area contributed by atoms with Gasteiger partial charge >= 0.3 is 0 Å². The first kappa shape index (κ1) is 19.0. The van der Waals surface area contributed by atoms with E-state index in [1.54, 1.807) is 11.3 Å². The second-order valence-corrected chi connectivity index (χ2v) is 8.45. The first-order chi connectivity index (χ1) is 14.7. The van der Waals surface area contributed by atoms with Crippen LogP contribution in [0.2, 0.25) is 0 Å². The second-order valence-electron chi connectivity index (χ2n) is 7.60. The Hall–Kier alpha value is -3.03. The summed E-state index contributed by atoms with van der Waals surface area (Å²) in [4.78, 5) is 22.1. The number of likely N-dealkylation sites (N-methyl/N-ethyl adjacent to an activating group) is 1. The molecular formula is C23H22N4O2S. The van der Waals surface area contributed by atoms with Crippen molar-refractivity contribution in [2.45, 2.75) is 6.42 Å². The molecule has 3 heterocycles. The highest BCUT2D eigenvalue weighted by Crippen LogP contribution is 2.33. The second kappa shape index (κ2) is 8.01. The lowest BCUT2D eigenvalue weighted by atomic mass is 10.1. The monoisotopic (exact) mass is 418 g/mol. The van der Waals surface area contributed by atoms with Crippen molar-refractivity contribution in [3.8, 4) is 22.0 Å². The molecule has 152 valence electrons. The van der Waals surface area contributed by atoms with Crippen LogP contribution in [0.25, 0.3) is 32.9 Å². The van der Waals surface area contributed by atoms with Crippen LogP contribution in [0.4, 0.5) is 0 Å². The number of nitrogens with zero attached hydrogens (tertiary/aromatic N) is 4. The molecule has 2 aromatic carbocycles. The molecule has 1 amide bonds. The van der Waals surface area contributed by atoms with Crippen LogP contribution in [-0.2, 0) is 0 Å². The maximum absolute atomic E-state index is 13.1. The Morgan fingerprint density at radius 2 is 1.93 bits per heavy atom. The number of hydrogen-bond donors (Lipinski definition) is 0. The maximum atomic E-state index is 13.1. The maximum Gasteiger partial charge on any atom is 0.253 e. The average molecular weight is 419 g/mol. The van der Waals surface area contributed by atoms with Gasteiger partial charge in [0.05, 0.1) is 5.39 Å². The first-order valence-corrected chi connectivity index (χ1v) is 11.0. The molecule has 6 nitrogen and oxygen atoms in total. The number of thiazole rings is 1. The first-order valence-electron chi connectivity index (χ1n) is 10.1. The Bertz CT molecular complexity index is 1180. The molecule has 4 aromatic rings.